The number of hydrogen-bond donors (Lipinski definition) is 0. The summed E-state index contributed by atoms with van der Waals surface area (Å²) in [5.74, 6) is -1.60. The highest BCUT2D eigenvalue weighted by molar-refractivity contribution is 6.43. The first-order valence-electron chi connectivity index (χ1n) is 15.8. The van der Waals surface area contributed by atoms with Gasteiger partial charge in [0.05, 0.1) is 32.3 Å². The highest BCUT2D eigenvalue weighted by atomic mass is 35.5. The van der Waals surface area contributed by atoms with E-state index in [1.54, 1.807) is 36.5 Å². The van der Waals surface area contributed by atoms with Crippen molar-refractivity contribution in [1.82, 2.24) is 4.57 Å². The molecule has 1 saturated heterocycles. The van der Waals surface area contributed by atoms with Crippen molar-refractivity contribution in [3.63, 3.8) is 0 Å². The van der Waals surface area contributed by atoms with E-state index in [9.17, 15) is 14.4 Å². The Morgan fingerprint density at radius 1 is 0.918 bits per heavy atom. The van der Waals surface area contributed by atoms with Gasteiger partial charge < -0.3 is 33.0 Å². The fourth-order valence-electron chi connectivity index (χ4n) is 7.28. The number of cyclic esters (lactones) is 1. The smallest absolute Gasteiger partial charge is 0.385 e. The summed E-state index contributed by atoms with van der Waals surface area (Å²) >= 11 is 6.07. The van der Waals surface area contributed by atoms with Gasteiger partial charge in [0, 0.05) is 40.5 Å². The van der Waals surface area contributed by atoms with Crippen LogP contribution >= 0.6 is 11.6 Å². The summed E-state index contributed by atoms with van der Waals surface area (Å²) < 4.78 is 35.9. The molecule has 2 aliphatic heterocycles. The maximum absolute atomic E-state index is 13.7. The molecule has 0 N–H and O–H groups in total. The van der Waals surface area contributed by atoms with Gasteiger partial charge in [-0.3, -0.25) is 9.59 Å². The zero-order valence-electron chi connectivity index (χ0n) is 26.6. The van der Waals surface area contributed by atoms with Crippen LogP contribution in [0.3, 0.4) is 0 Å². The Hall–Kier alpha value is -5.48. The summed E-state index contributed by atoms with van der Waals surface area (Å²) in [6.07, 6.45) is 2.31. The van der Waals surface area contributed by atoms with Crippen LogP contribution < -0.4 is 23.7 Å². The number of nitrogens with zero attached hydrogens (tertiary/aromatic N) is 1. The van der Waals surface area contributed by atoms with Gasteiger partial charge in [0.1, 0.15) is 0 Å². The minimum atomic E-state index is -1.10. The summed E-state index contributed by atoms with van der Waals surface area (Å²) in [6, 6.07) is 22.1. The molecule has 0 amide bonds. The number of carbonyl (C=O) groups is 3. The predicted octanol–water partition coefficient (Wildman–Crippen LogP) is 6.35. The van der Waals surface area contributed by atoms with Crippen molar-refractivity contribution in [3.05, 3.63) is 112 Å². The Morgan fingerprint density at radius 3 is 2.37 bits per heavy atom. The third kappa shape index (κ3) is 5.32. The zero-order chi connectivity index (χ0) is 33.8. The average molecular weight is 680 g/mol. The van der Waals surface area contributed by atoms with Crippen molar-refractivity contribution in [2.75, 3.05) is 27.6 Å². The summed E-state index contributed by atoms with van der Waals surface area (Å²) in [6.45, 7) is 0.905. The monoisotopic (exact) mass is 679 g/mol. The van der Waals surface area contributed by atoms with Gasteiger partial charge in [-0.15, -0.1) is 0 Å². The number of esters is 2. The number of aromatic nitrogens is 1. The van der Waals surface area contributed by atoms with E-state index >= 15 is 0 Å². The number of halogens is 1. The Balaban J connectivity index is 1.13. The van der Waals surface area contributed by atoms with Crippen LogP contribution in [0, 0.1) is 11.8 Å². The van der Waals surface area contributed by atoms with Crippen molar-refractivity contribution in [2.24, 2.45) is 11.8 Å². The maximum Gasteiger partial charge on any atom is 0.385 e. The lowest BCUT2D eigenvalue weighted by Crippen LogP contribution is -2.31. The number of para-hydroxylation sites is 1. The van der Waals surface area contributed by atoms with Crippen LogP contribution in [0.15, 0.2) is 79.0 Å². The van der Waals surface area contributed by atoms with Crippen molar-refractivity contribution in [1.29, 1.82) is 0 Å². The molecule has 1 aromatic heterocycles. The van der Waals surface area contributed by atoms with E-state index in [-0.39, 0.29) is 41.5 Å². The molecule has 10 nitrogen and oxygen atoms in total. The molecule has 0 bridgehead atoms. The predicted molar refractivity (Wildman–Crippen MR) is 178 cm³/mol. The molecule has 4 aromatic carbocycles. The van der Waals surface area contributed by atoms with Gasteiger partial charge in [-0.2, -0.15) is 0 Å². The van der Waals surface area contributed by atoms with E-state index in [1.807, 2.05) is 47.0 Å². The van der Waals surface area contributed by atoms with Gasteiger partial charge in [0.2, 0.25) is 12.5 Å². The van der Waals surface area contributed by atoms with Gasteiger partial charge in [-0.1, -0.05) is 41.9 Å². The number of Topliss-reactive ketones (excluding diaryl/α,β-unsaturated/α-hetero) is 1. The normalized spacial score (nSPS) is 18.8. The molecule has 8 rings (SSSR count). The standard InChI is InChI=1S/C38H30ClNO9/c1-44-31-13-22(33-26-15-30-29(47-19-48-30)12-21(26)11-23-18-46-37(42)34(23)33)14-32(45-2)36(31)49-38(43)35(41)27-17-40(28-6-4-3-5-25(27)28)16-20-7-9-24(39)10-8-20/h3-10,12-15,17,23,33-34H,11,16,18-19H2,1-2H3/t23-,33+,34-/m0/s1. The van der Waals surface area contributed by atoms with E-state index in [2.05, 4.69) is 0 Å². The lowest BCUT2D eigenvalue weighted by molar-refractivity contribution is -0.141. The third-order valence-electron chi connectivity index (χ3n) is 9.55. The number of hydrogen-bond acceptors (Lipinski definition) is 9. The van der Waals surface area contributed by atoms with Crippen LogP contribution in [0.25, 0.3) is 10.9 Å². The van der Waals surface area contributed by atoms with Crippen molar-refractivity contribution in [3.8, 4) is 28.7 Å². The van der Waals surface area contributed by atoms with Gasteiger partial charge >= 0.3 is 11.9 Å². The van der Waals surface area contributed by atoms with Crippen LogP contribution in [-0.4, -0.2) is 49.9 Å². The Morgan fingerprint density at radius 2 is 1.63 bits per heavy atom. The molecule has 3 aliphatic rings. The molecule has 49 heavy (non-hydrogen) atoms. The third-order valence-corrected chi connectivity index (χ3v) is 9.80. The number of ketones is 1. The molecule has 11 heteroatoms. The van der Waals surface area contributed by atoms with Gasteiger partial charge in [0.25, 0.3) is 5.78 Å². The Labute approximate surface area is 286 Å². The van der Waals surface area contributed by atoms with Gasteiger partial charge in [-0.25, -0.2) is 4.79 Å². The highest BCUT2D eigenvalue weighted by Gasteiger charge is 2.48. The molecule has 1 fully saturated rings. The number of rotatable bonds is 8. The van der Waals surface area contributed by atoms with E-state index in [0.29, 0.717) is 47.0 Å². The molecule has 0 radical (unpaired) electrons. The maximum atomic E-state index is 13.7. The van der Waals surface area contributed by atoms with Crippen LogP contribution in [0.2, 0.25) is 5.02 Å². The molecule has 3 atom stereocenters. The van der Waals surface area contributed by atoms with Crippen molar-refractivity contribution in [2.45, 2.75) is 18.9 Å². The summed E-state index contributed by atoms with van der Waals surface area (Å²) in [5, 5.41) is 1.24. The van der Waals surface area contributed by atoms with Gasteiger partial charge in [0.15, 0.2) is 23.0 Å². The fraction of sp³-hybridized carbons (Fsp3) is 0.237. The largest absolute Gasteiger partial charge is 0.493 e. The number of methoxy groups -OCH3 is 2. The van der Waals surface area contributed by atoms with Crippen molar-refractivity contribution < 1.29 is 42.8 Å². The minimum Gasteiger partial charge on any atom is -0.493 e. The van der Waals surface area contributed by atoms with E-state index in [4.69, 9.17) is 40.0 Å². The molecule has 0 unspecified atom stereocenters. The summed E-state index contributed by atoms with van der Waals surface area (Å²) in [4.78, 5) is 40.4. The van der Waals surface area contributed by atoms with E-state index in [0.717, 1.165) is 22.2 Å². The zero-order valence-corrected chi connectivity index (χ0v) is 27.3. The van der Waals surface area contributed by atoms with E-state index in [1.165, 1.54) is 14.2 Å². The first-order chi connectivity index (χ1) is 23.8. The molecular weight excluding hydrogens is 650 g/mol. The molecule has 3 heterocycles. The lowest BCUT2D eigenvalue weighted by Gasteiger charge is -2.34. The van der Waals surface area contributed by atoms with Crippen molar-refractivity contribution >= 4 is 40.2 Å². The van der Waals surface area contributed by atoms with E-state index < -0.39 is 23.6 Å². The van der Waals surface area contributed by atoms with Crippen LogP contribution in [-0.2, 0) is 27.3 Å². The molecule has 1 aliphatic carbocycles. The topological polar surface area (TPSA) is 112 Å². The van der Waals surface area contributed by atoms with Crippen LogP contribution in [0.4, 0.5) is 0 Å². The molecular formula is C38H30ClNO9. The Bertz CT molecular complexity index is 2130. The highest BCUT2D eigenvalue weighted by Crippen LogP contribution is 2.52. The first-order valence-corrected chi connectivity index (χ1v) is 16.1. The number of fused-ring (bicyclic) bond motifs is 4. The second-order valence-electron chi connectivity index (χ2n) is 12.3. The molecule has 248 valence electrons. The quantitative estimate of drug-likeness (QED) is 0.0801. The summed E-state index contributed by atoms with van der Waals surface area (Å²) in [5.41, 5.74) is 4.59. The minimum absolute atomic E-state index is 0.0423. The second-order valence-corrected chi connectivity index (χ2v) is 12.7. The lowest BCUT2D eigenvalue weighted by atomic mass is 9.67. The number of benzene rings is 4. The van der Waals surface area contributed by atoms with Crippen LogP contribution in [0.1, 0.15) is 38.5 Å². The average Bonchev–Trinajstić information content (AvgIpc) is 3.84. The number of ether oxygens (including phenoxy) is 6. The number of carbonyl (C=O) groups excluding carboxylic acids is 3. The first kappa shape index (κ1) is 30.8. The fourth-order valence-corrected chi connectivity index (χ4v) is 7.40. The molecule has 0 spiro atoms. The SMILES string of the molecule is COc1cc([C@@H]2c3cc4c(cc3C[C@H]3COC(=O)[C@@H]32)OCO4)cc(OC)c1OC(=O)C(=O)c1cn(Cc2ccc(Cl)cc2)c2ccccc12. The second kappa shape index (κ2) is 12.2. The van der Waals surface area contributed by atoms with Crippen LogP contribution in [0.5, 0.6) is 28.7 Å². The molecule has 5 aromatic rings. The molecule has 0 saturated carbocycles. The summed E-state index contributed by atoms with van der Waals surface area (Å²) in [7, 11) is 2.86. The van der Waals surface area contributed by atoms with Gasteiger partial charge in [-0.05, 0) is 71.1 Å². The Kier molecular flexibility index (Phi) is 7.67.